The van der Waals surface area contributed by atoms with E-state index in [1.165, 1.54) is 83.0 Å². The summed E-state index contributed by atoms with van der Waals surface area (Å²) in [6.07, 6.45) is 9.11. The van der Waals surface area contributed by atoms with Crippen LogP contribution in [0.2, 0.25) is 0 Å². The van der Waals surface area contributed by atoms with Gasteiger partial charge in [-0.1, -0.05) is 243 Å². The molecule has 0 N–H and O–H groups in total. The van der Waals surface area contributed by atoms with Crippen LogP contribution in [0.15, 0.2) is 267 Å². The van der Waals surface area contributed by atoms with Gasteiger partial charge in [0.1, 0.15) is 0 Å². The number of aromatic nitrogens is 1. The van der Waals surface area contributed by atoms with Gasteiger partial charge in [0, 0.05) is 28.3 Å². The molecular formula is C67H46N2. The molecule has 0 saturated heterocycles. The molecule has 2 heteroatoms. The molecule has 1 aliphatic heterocycles. The van der Waals surface area contributed by atoms with Crippen LogP contribution in [0.5, 0.6) is 0 Å². The van der Waals surface area contributed by atoms with Crippen LogP contribution in [0.1, 0.15) is 11.5 Å². The second kappa shape index (κ2) is 17.1. The van der Waals surface area contributed by atoms with Gasteiger partial charge >= 0.3 is 0 Å². The van der Waals surface area contributed by atoms with Gasteiger partial charge in [0.25, 0.3) is 0 Å². The third kappa shape index (κ3) is 7.26. The quantitative estimate of drug-likeness (QED) is 0.151. The molecule has 2 nitrogen and oxygen atoms in total. The van der Waals surface area contributed by atoms with E-state index in [-0.39, 0.29) is 12.0 Å². The van der Waals surface area contributed by atoms with E-state index in [1.54, 1.807) is 0 Å². The molecule has 13 rings (SSSR count). The van der Waals surface area contributed by atoms with Crippen LogP contribution in [0, 0.1) is 0 Å². The minimum absolute atomic E-state index is 0.208. The molecule has 2 aliphatic rings. The Balaban J connectivity index is 0.930. The van der Waals surface area contributed by atoms with Crippen molar-refractivity contribution < 1.29 is 0 Å². The fourth-order valence-corrected chi connectivity index (χ4v) is 10.9. The molecule has 10 aromatic carbocycles. The number of allylic oxidation sites excluding steroid dienone is 2. The zero-order chi connectivity index (χ0) is 45.7. The lowest BCUT2D eigenvalue weighted by Gasteiger charge is -2.30. The number of pyridine rings is 1. The smallest absolute Gasteiger partial charge is 0.0721 e. The summed E-state index contributed by atoms with van der Waals surface area (Å²) in [5, 5.41) is 4.87. The minimum Gasteiger partial charge on any atom is -0.333 e. The highest BCUT2D eigenvalue weighted by Gasteiger charge is 2.39. The van der Waals surface area contributed by atoms with Crippen molar-refractivity contribution in [3.63, 3.8) is 0 Å². The first-order valence-electron chi connectivity index (χ1n) is 23.9. The van der Waals surface area contributed by atoms with Gasteiger partial charge in [-0.05, 0) is 101 Å². The van der Waals surface area contributed by atoms with E-state index >= 15 is 0 Å². The summed E-state index contributed by atoms with van der Waals surface area (Å²) in [5.74, 6) is 0.274. The molecule has 0 saturated carbocycles. The van der Waals surface area contributed by atoms with Crippen LogP contribution in [0.4, 0.5) is 11.4 Å². The number of hydrogen-bond donors (Lipinski definition) is 0. The van der Waals surface area contributed by atoms with Crippen LogP contribution < -0.4 is 4.90 Å². The SMILES string of the molecule is C1=CC2c3cccc(-c4ccc(-c5cc(-c6ccc(-c7cccc8ccccc78)cc6)cc(-c6ccc(-c7ccc(-c8ccccc8)cc7)cc6)n5)c5ccccc45)c3N(c3ccccc3)C2C=C1. The van der Waals surface area contributed by atoms with Gasteiger partial charge < -0.3 is 4.90 Å². The molecule has 0 spiro atoms. The van der Waals surface area contributed by atoms with Crippen molar-refractivity contribution in [2.75, 3.05) is 4.90 Å². The summed E-state index contributed by atoms with van der Waals surface area (Å²) >= 11 is 0. The lowest BCUT2D eigenvalue weighted by molar-refractivity contribution is 0.745. The van der Waals surface area contributed by atoms with E-state index in [4.69, 9.17) is 4.98 Å². The summed E-state index contributed by atoms with van der Waals surface area (Å²) in [6, 6.07) is 88.5. The van der Waals surface area contributed by atoms with E-state index in [9.17, 15) is 0 Å². The molecule has 1 aliphatic carbocycles. The molecule has 69 heavy (non-hydrogen) atoms. The lowest BCUT2D eigenvalue weighted by Crippen LogP contribution is -2.28. The fraction of sp³-hybridized carbons (Fsp3) is 0.0299. The van der Waals surface area contributed by atoms with Crippen molar-refractivity contribution in [2.45, 2.75) is 12.0 Å². The van der Waals surface area contributed by atoms with Crippen molar-refractivity contribution in [1.29, 1.82) is 0 Å². The number of rotatable bonds is 8. The maximum absolute atomic E-state index is 5.53. The molecule has 0 fully saturated rings. The second-order valence-electron chi connectivity index (χ2n) is 18.2. The number of nitrogens with zero attached hydrogens (tertiary/aromatic N) is 2. The van der Waals surface area contributed by atoms with Gasteiger partial charge in [-0.3, -0.25) is 0 Å². The number of fused-ring (bicyclic) bond motifs is 5. The van der Waals surface area contributed by atoms with Gasteiger partial charge in [-0.15, -0.1) is 0 Å². The maximum Gasteiger partial charge on any atom is 0.0721 e. The van der Waals surface area contributed by atoms with E-state index in [0.29, 0.717) is 0 Å². The highest BCUT2D eigenvalue weighted by molar-refractivity contribution is 6.08. The third-order valence-electron chi connectivity index (χ3n) is 14.2. The summed E-state index contributed by atoms with van der Waals surface area (Å²) < 4.78 is 0. The van der Waals surface area contributed by atoms with Gasteiger partial charge in [0.15, 0.2) is 0 Å². The molecule has 2 unspecified atom stereocenters. The van der Waals surface area contributed by atoms with Crippen molar-refractivity contribution in [3.8, 4) is 78.1 Å². The maximum atomic E-state index is 5.53. The van der Waals surface area contributed by atoms with Gasteiger partial charge in [-0.2, -0.15) is 0 Å². The Morgan fingerprint density at radius 2 is 0.826 bits per heavy atom. The Morgan fingerprint density at radius 1 is 0.319 bits per heavy atom. The van der Waals surface area contributed by atoms with Crippen molar-refractivity contribution in [2.24, 2.45) is 0 Å². The molecule has 2 atom stereocenters. The highest BCUT2D eigenvalue weighted by atomic mass is 15.2. The number of para-hydroxylation sites is 2. The first-order chi connectivity index (χ1) is 34.2. The average Bonchev–Trinajstić information content (AvgIpc) is 3.78. The standard InChI is InChI=1S/C67H46N2/c1-3-15-45(16-4-1)46-29-31-47(32-30-46)48-35-39-52(40-36-48)64-43-53(49-33-37-51(38-34-49)56-25-13-18-50-17-7-8-21-55(50)56)44-65(68-64)60-42-41-59(57-22-9-10-23-58(57)60)62-26-14-27-63-61-24-11-12-28-66(61)69(67(62)63)54-19-5-2-6-20-54/h1-44,61,66H. The molecule has 1 aromatic heterocycles. The summed E-state index contributed by atoms with van der Waals surface area (Å²) in [7, 11) is 0. The number of benzene rings is 10. The van der Waals surface area contributed by atoms with Gasteiger partial charge in [0.05, 0.1) is 23.1 Å². The summed E-state index contributed by atoms with van der Waals surface area (Å²) in [4.78, 5) is 8.08. The molecular weight excluding hydrogens is 833 g/mol. The van der Waals surface area contributed by atoms with Crippen LogP contribution in [0.25, 0.3) is 99.7 Å². The zero-order valence-corrected chi connectivity index (χ0v) is 38.0. The van der Waals surface area contributed by atoms with E-state index < -0.39 is 0 Å². The molecule has 0 radical (unpaired) electrons. The van der Waals surface area contributed by atoms with Gasteiger partial charge in [0.2, 0.25) is 0 Å². The molecule has 2 heterocycles. The molecule has 11 aromatic rings. The van der Waals surface area contributed by atoms with Crippen molar-refractivity contribution in [1.82, 2.24) is 4.98 Å². The first-order valence-corrected chi connectivity index (χ1v) is 23.9. The fourth-order valence-electron chi connectivity index (χ4n) is 10.9. The number of anilines is 2. The largest absolute Gasteiger partial charge is 0.333 e. The normalized spacial score (nSPS) is 14.8. The van der Waals surface area contributed by atoms with Crippen molar-refractivity contribution >= 4 is 32.9 Å². The number of hydrogen-bond acceptors (Lipinski definition) is 2. The Morgan fingerprint density at radius 3 is 1.55 bits per heavy atom. The highest BCUT2D eigenvalue weighted by Crippen LogP contribution is 2.53. The predicted octanol–water partition coefficient (Wildman–Crippen LogP) is 17.8. The minimum atomic E-state index is 0.208. The van der Waals surface area contributed by atoms with E-state index in [2.05, 4.69) is 272 Å². The Labute approximate surface area is 403 Å². The second-order valence-corrected chi connectivity index (χ2v) is 18.2. The lowest BCUT2D eigenvalue weighted by atomic mass is 9.88. The van der Waals surface area contributed by atoms with Crippen LogP contribution in [-0.4, -0.2) is 11.0 Å². The first kappa shape index (κ1) is 40.4. The molecule has 324 valence electrons. The topological polar surface area (TPSA) is 16.1 Å². The van der Waals surface area contributed by atoms with Crippen LogP contribution >= 0.6 is 0 Å². The van der Waals surface area contributed by atoms with Crippen LogP contribution in [0.3, 0.4) is 0 Å². The van der Waals surface area contributed by atoms with Crippen LogP contribution in [-0.2, 0) is 0 Å². The summed E-state index contributed by atoms with van der Waals surface area (Å²) in [5.41, 5.74) is 19.8. The van der Waals surface area contributed by atoms with E-state index in [1.807, 2.05) is 0 Å². The zero-order valence-electron chi connectivity index (χ0n) is 38.0. The Bertz CT molecular complexity index is 3750. The summed E-state index contributed by atoms with van der Waals surface area (Å²) in [6.45, 7) is 0. The monoisotopic (exact) mass is 878 g/mol. The van der Waals surface area contributed by atoms with Gasteiger partial charge in [-0.25, -0.2) is 4.98 Å². The average molecular weight is 879 g/mol. The predicted molar refractivity (Wildman–Crippen MR) is 291 cm³/mol. The third-order valence-corrected chi connectivity index (χ3v) is 14.2. The molecule has 0 amide bonds. The van der Waals surface area contributed by atoms with Crippen molar-refractivity contribution in [3.05, 3.63) is 273 Å². The molecule has 0 bridgehead atoms. The Hall–Kier alpha value is -8.85. The van der Waals surface area contributed by atoms with E-state index in [0.717, 1.165) is 33.6 Å². The Kier molecular flexibility index (Phi) is 10.0.